The Hall–Kier alpha value is -2.41. The highest BCUT2D eigenvalue weighted by Gasteiger charge is 2.22. The Morgan fingerprint density at radius 2 is 1.88 bits per heavy atom. The lowest BCUT2D eigenvalue weighted by atomic mass is 9.92. The van der Waals surface area contributed by atoms with E-state index in [2.05, 4.69) is 39.0 Å². The normalized spacial score (nSPS) is 21.1. The predicted molar refractivity (Wildman–Crippen MR) is 98.7 cm³/mol. The van der Waals surface area contributed by atoms with Crippen molar-refractivity contribution in [2.24, 2.45) is 11.8 Å². The van der Waals surface area contributed by atoms with E-state index in [0.29, 0.717) is 30.2 Å². The number of piperidine rings is 1. The molecule has 1 aromatic heterocycles. The summed E-state index contributed by atoms with van der Waals surface area (Å²) in [5.74, 6) is 3.45. The van der Waals surface area contributed by atoms with Crippen molar-refractivity contribution in [1.82, 2.24) is 19.9 Å². The molecule has 3 N–H and O–H groups in total. The number of nitrogens with one attached hydrogen (secondary N) is 1. The van der Waals surface area contributed by atoms with Gasteiger partial charge in [-0.25, -0.2) is 0 Å². The van der Waals surface area contributed by atoms with Crippen molar-refractivity contribution < 1.29 is 4.74 Å². The van der Waals surface area contributed by atoms with Crippen LogP contribution in [-0.4, -0.2) is 40.1 Å². The number of aromatic nitrogens is 3. The molecule has 0 unspecified atom stereocenters. The van der Waals surface area contributed by atoms with Crippen LogP contribution in [0.1, 0.15) is 26.1 Å². The quantitative estimate of drug-likeness (QED) is 0.863. The lowest BCUT2D eigenvalue weighted by Gasteiger charge is -2.34. The molecule has 1 fully saturated rings. The maximum absolute atomic E-state index is 5.89. The highest BCUT2D eigenvalue weighted by Crippen LogP contribution is 2.26. The molecular weight excluding hydrogens is 316 g/mol. The van der Waals surface area contributed by atoms with E-state index in [0.717, 1.165) is 24.5 Å². The molecule has 0 saturated carbocycles. The first-order valence-electron chi connectivity index (χ1n) is 8.66. The lowest BCUT2D eigenvalue weighted by molar-refractivity contribution is 0.131. The molecule has 2 atom stereocenters. The summed E-state index contributed by atoms with van der Waals surface area (Å²) in [6.07, 6.45) is 1.27. The van der Waals surface area contributed by atoms with Gasteiger partial charge < -0.3 is 15.8 Å². The monoisotopic (exact) mass is 342 g/mol. The van der Waals surface area contributed by atoms with Crippen LogP contribution in [0.3, 0.4) is 0 Å². The van der Waals surface area contributed by atoms with Crippen LogP contribution in [-0.2, 0) is 6.54 Å². The van der Waals surface area contributed by atoms with E-state index in [-0.39, 0.29) is 5.95 Å². The van der Waals surface area contributed by atoms with E-state index in [9.17, 15) is 0 Å². The summed E-state index contributed by atoms with van der Waals surface area (Å²) in [4.78, 5) is 15.4. The fourth-order valence-corrected chi connectivity index (χ4v) is 3.55. The third kappa shape index (κ3) is 4.57. The van der Waals surface area contributed by atoms with E-state index in [1.165, 1.54) is 6.42 Å². The molecule has 1 aliphatic rings. The summed E-state index contributed by atoms with van der Waals surface area (Å²) in [5, 5.41) is 3.17. The molecule has 7 nitrogen and oxygen atoms in total. The number of methoxy groups -OCH3 is 1. The summed E-state index contributed by atoms with van der Waals surface area (Å²) in [6.45, 7) is 7.39. The Balaban J connectivity index is 1.76. The van der Waals surface area contributed by atoms with Gasteiger partial charge in [-0.15, -0.1) is 0 Å². The summed E-state index contributed by atoms with van der Waals surface area (Å²) in [5.41, 5.74) is 6.68. The topological polar surface area (TPSA) is 89.2 Å². The molecule has 25 heavy (non-hydrogen) atoms. The molecule has 1 aromatic carbocycles. The molecule has 2 aromatic rings. The molecule has 0 radical (unpaired) electrons. The number of hydrogen-bond donors (Lipinski definition) is 2. The number of anilines is 3. The van der Waals surface area contributed by atoms with Crippen molar-refractivity contribution >= 4 is 17.6 Å². The Morgan fingerprint density at radius 1 is 1.16 bits per heavy atom. The molecule has 0 aliphatic carbocycles. The zero-order valence-electron chi connectivity index (χ0n) is 15.1. The lowest BCUT2D eigenvalue weighted by Crippen LogP contribution is -2.38. The highest BCUT2D eigenvalue weighted by atomic mass is 16.5. The zero-order valence-corrected chi connectivity index (χ0v) is 15.1. The fourth-order valence-electron chi connectivity index (χ4n) is 3.55. The van der Waals surface area contributed by atoms with Crippen LogP contribution in [0.25, 0.3) is 0 Å². The van der Waals surface area contributed by atoms with E-state index < -0.39 is 0 Å². The van der Waals surface area contributed by atoms with Crippen LogP contribution in [0, 0.1) is 11.8 Å². The maximum atomic E-state index is 5.89. The van der Waals surface area contributed by atoms with Gasteiger partial charge >= 0.3 is 0 Å². The number of rotatable bonds is 5. The first kappa shape index (κ1) is 17.4. The summed E-state index contributed by atoms with van der Waals surface area (Å²) in [7, 11) is 1.63. The van der Waals surface area contributed by atoms with Gasteiger partial charge in [0.15, 0.2) is 0 Å². The number of para-hydroxylation sites is 2. The fraction of sp³-hybridized carbons (Fsp3) is 0.500. The molecule has 0 spiro atoms. The molecular formula is C18H26N6O. The number of benzene rings is 1. The minimum absolute atomic E-state index is 0.223. The number of hydrogen-bond acceptors (Lipinski definition) is 7. The SMILES string of the molecule is COc1ccccc1Nc1nc(N)nc(CN2C[C@H](C)C[C@H](C)C2)n1. The molecule has 1 aliphatic heterocycles. The van der Waals surface area contributed by atoms with Gasteiger partial charge in [-0.05, 0) is 30.4 Å². The first-order valence-corrected chi connectivity index (χ1v) is 8.66. The summed E-state index contributed by atoms with van der Waals surface area (Å²) in [6, 6.07) is 7.62. The van der Waals surface area contributed by atoms with Crippen LogP contribution in [0.15, 0.2) is 24.3 Å². The second kappa shape index (κ2) is 7.65. The van der Waals surface area contributed by atoms with Crippen LogP contribution >= 0.6 is 0 Å². The molecule has 2 heterocycles. The van der Waals surface area contributed by atoms with Gasteiger partial charge in [-0.3, -0.25) is 4.90 Å². The smallest absolute Gasteiger partial charge is 0.232 e. The van der Waals surface area contributed by atoms with Crippen LogP contribution < -0.4 is 15.8 Å². The van der Waals surface area contributed by atoms with Crippen LogP contribution in [0.4, 0.5) is 17.6 Å². The van der Waals surface area contributed by atoms with Crippen molar-refractivity contribution in [3.8, 4) is 5.75 Å². The summed E-state index contributed by atoms with van der Waals surface area (Å²) < 4.78 is 5.35. The predicted octanol–water partition coefficient (Wildman–Crippen LogP) is 2.68. The van der Waals surface area contributed by atoms with Gasteiger partial charge in [0.25, 0.3) is 0 Å². The average Bonchev–Trinajstić information content (AvgIpc) is 2.53. The van der Waals surface area contributed by atoms with Crippen molar-refractivity contribution in [2.45, 2.75) is 26.8 Å². The second-order valence-electron chi connectivity index (χ2n) is 6.90. The Kier molecular flexibility index (Phi) is 5.33. The third-order valence-electron chi connectivity index (χ3n) is 4.36. The molecule has 7 heteroatoms. The number of nitrogen functional groups attached to an aromatic ring is 1. The van der Waals surface area contributed by atoms with Gasteiger partial charge in [-0.2, -0.15) is 15.0 Å². The molecule has 3 rings (SSSR count). The van der Waals surface area contributed by atoms with Crippen molar-refractivity contribution in [3.05, 3.63) is 30.1 Å². The van der Waals surface area contributed by atoms with E-state index >= 15 is 0 Å². The largest absolute Gasteiger partial charge is 0.495 e. The second-order valence-corrected chi connectivity index (χ2v) is 6.90. The number of ether oxygens (including phenoxy) is 1. The van der Waals surface area contributed by atoms with Gasteiger partial charge in [0.05, 0.1) is 19.3 Å². The molecule has 0 bridgehead atoms. The molecule has 1 saturated heterocycles. The minimum Gasteiger partial charge on any atom is -0.495 e. The Morgan fingerprint density at radius 3 is 2.60 bits per heavy atom. The minimum atomic E-state index is 0.223. The first-order chi connectivity index (χ1) is 12.0. The number of likely N-dealkylation sites (tertiary alicyclic amines) is 1. The van der Waals surface area contributed by atoms with Crippen molar-refractivity contribution in [3.63, 3.8) is 0 Å². The number of nitrogens with two attached hydrogens (primary N) is 1. The van der Waals surface area contributed by atoms with E-state index in [1.807, 2.05) is 24.3 Å². The molecule has 134 valence electrons. The van der Waals surface area contributed by atoms with Crippen LogP contribution in [0.5, 0.6) is 5.75 Å². The van der Waals surface area contributed by atoms with Crippen molar-refractivity contribution in [2.75, 3.05) is 31.2 Å². The average molecular weight is 342 g/mol. The Bertz CT molecular complexity index is 712. The van der Waals surface area contributed by atoms with E-state index in [1.54, 1.807) is 7.11 Å². The Labute approximate surface area is 148 Å². The van der Waals surface area contributed by atoms with Crippen LogP contribution in [0.2, 0.25) is 0 Å². The summed E-state index contributed by atoms with van der Waals surface area (Å²) >= 11 is 0. The molecule has 0 amide bonds. The van der Waals surface area contributed by atoms with Gasteiger partial charge in [-0.1, -0.05) is 26.0 Å². The third-order valence-corrected chi connectivity index (χ3v) is 4.36. The van der Waals surface area contributed by atoms with Gasteiger partial charge in [0, 0.05) is 13.1 Å². The van der Waals surface area contributed by atoms with Gasteiger partial charge in [0.2, 0.25) is 11.9 Å². The standard InChI is InChI=1S/C18H26N6O/c1-12-8-13(2)10-24(9-12)11-16-21-17(19)23-18(22-16)20-14-6-4-5-7-15(14)25-3/h4-7,12-13H,8-11H2,1-3H3,(H3,19,20,21,22,23)/t12-,13+. The maximum Gasteiger partial charge on any atom is 0.232 e. The van der Waals surface area contributed by atoms with Gasteiger partial charge in [0.1, 0.15) is 11.6 Å². The highest BCUT2D eigenvalue weighted by molar-refractivity contribution is 5.62. The van der Waals surface area contributed by atoms with Crippen molar-refractivity contribution in [1.29, 1.82) is 0 Å². The van der Waals surface area contributed by atoms with E-state index in [4.69, 9.17) is 10.5 Å². The number of nitrogens with zero attached hydrogens (tertiary/aromatic N) is 4. The zero-order chi connectivity index (χ0) is 17.8.